The molecule has 2 aromatic rings. The molecule has 1 saturated heterocycles. The fraction of sp³-hybridized carbons (Fsp3) is 0.278. The van der Waals surface area contributed by atoms with E-state index in [4.69, 9.17) is 21.0 Å². The van der Waals surface area contributed by atoms with E-state index in [0.29, 0.717) is 30.1 Å². The minimum Gasteiger partial charge on any atom is -0.481 e. The topological polar surface area (TPSA) is 142 Å². The monoisotopic (exact) mass is 369 g/mol. The second-order valence-corrected chi connectivity index (χ2v) is 6.19. The van der Waals surface area contributed by atoms with Gasteiger partial charge in [0.1, 0.15) is 11.6 Å². The quantitative estimate of drug-likeness (QED) is 0.489. The Hall–Kier alpha value is -3.49. The summed E-state index contributed by atoms with van der Waals surface area (Å²) < 4.78 is 5.63. The maximum atomic E-state index is 12.1. The largest absolute Gasteiger partial charge is 0.481 e. The summed E-state index contributed by atoms with van der Waals surface area (Å²) in [6.45, 7) is 0.573. The van der Waals surface area contributed by atoms with Crippen LogP contribution in [-0.2, 0) is 9.59 Å². The average Bonchev–Trinajstić information content (AvgIpc) is 3.00. The Kier molecular flexibility index (Phi) is 5.30. The van der Waals surface area contributed by atoms with Gasteiger partial charge < -0.3 is 20.5 Å². The number of nitrogen functional groups attached to an aromatic ring is 1. The van der Waals surface area contributed by atoms with Crippen LogP contribution in [-0.4, -0.2) is 51.0 Å². The fourth-order valence-electron chi connectivity index (χ4n) is 2.80. The number of carbonyl (C=O) groups excluding carboxylic acids is 1. The van der Waals surface area contributed by atoms with Gasteiger partial charge in [-0.05, 0) is 30.7 Å². The molecular weight excluding hydrogens is 350 g/mol. The van der Waals surface area contributed by atoms with Crippen LogP contribution in [0.4, 0.5) is 0 Å². The lowest BCUT2D eigenvalue weighted by Crippen LogP contribution is -2.31. The van der Waals surface area contributed by atoms with Gasteiger partial charge in [0, 0.05) is 24.5 Å². The molecule has 1 atom stereocenters. The Morgan fingerprint density at radius 2 is 1.96 bits per heavy atom. The normalized spacial score (nSPS) is 16.4. The molecule has 9 nitrogen and oxygen atoms in total. The minimum atomic E-state index is -0.967. The third-order valence-electron chi connectivity index (χ3n) is 4.29. The van der Waals surface area contributed by atoms with Gasteiger partial charge in [-0.3, -0.25) is 15.0 Å². The van der Waals surface area contributed by atoms with Crippen LogP contribution in [0.3, 0.4) is 0 Å². The Morgan fingerprint density at radius 3 is 2.56 bits per heavy atom. The average molecular weight is 369 g/mol. The summed E-state index contributed by atoms with van der Waals surface area (Å²) in [5.74, 6) is -0.638. The van der Waals surface area contributed by atoms with Gasteiger partial charge in [0.25, 0.3) is 0 Å². The lowest BCUT2D eigenvalue weighted by Gasteiger charge is -2.17. The van der Waals surface area contributed by atoms with Crippen molar-refractivity contribution >= 4 is 17.7 Å². The number of likely N-dealkylation sites (tertiary alicyclic amines) is 1. The molecule has 1 aromatic heterocycles. The van der Waals surface area contributed by atoms with Crippen LogP contribution in [0.15, 0.2) is 36.7 Å². The summed E-state index contributed by atoms with van der Waals surface area (Å²) >= 11 is 0. The number of hydrogen-bond acceptors (Lipinski definition) is 6. The number of ether oxygens (including phenoxy) is 1. The van der Waals surface area contributed by atoms with Crippen molar-refractivity contribution in [2.24, 2.45) is 11.7 Å². The van der Waals surface area contributed by atoms with Crippen molar-refractivity contribution in [3.05, 3.63) is 42.2 Å². The molecule has 0 saturated carbocycles. The van der Waals surface area contributed by atoms with Crippen LogP contribution in [0.25, 0.3) is 11.4 Å². The van der Waals surface area contributed by atoms with Crippen LogP contribution in [0, 0.1) is 11.3 Å². The van der Waals surface area contributed by atoms with E-state index in [1.165, 1.54) is 17.3 Å². The summed E-state index contributed by atoms with van der Waals surface area (Å²) in [6, 6.07) is 7.06. The van der Waals surface area contributed by atoms with Crippen molar-refractivity contribution in [1.29, 1.82) is 5.41 Å². The molecule has 4 N–H and O–H groups in total. The number of carbonyl (C=O) groups is 2. The summed E-state index contributed by atoms with van der Waals surface area (Å²) in [7, 11) is 0. The molecule has 9 heteroatoms. The van der Waals surface area contributed by atoms with Crippen molar-refractivity contribution in [1.82, 2.24) is 14.9 Å². The highest BCUT2D eigenvalue weighted by Gasteiger charge is 2.33. The Labute approximate surface area is 155 Å². The van der Waals surface area contributed by atoms with Crippen LogP contribution < -0.4 is 10.5 Å². The lowest BCUT2D eigenvalue weighted by atomic mass is 10.0. The summed E-state index contributed by atoms with van der Waals surface area (Å²) in [5.41, 5.74) is 6.61. The molecule has 1 aromatic carbocycles. The van der Waals surface area contributed by atoms with E-state index in [0.717, 1.165) is 5.56 Å². The zero-order valence-corrected chi connectivity index (χ0v) is 14.5. The molecule has 1 fully saturated rings. The molecule has 3 rings (SSSR count). The standard InChI is InChI=1S/C18H19N5O4/c19-16(20)13-8-21-17(22-9-13)11-1-3-14(4-2-11)27-10-23-6-5-12(18(23)26)7-15(24)25/h1-4,8-9,12H,5-7,10H2,(H3,19,20)(H,24,25). The third kappa shape index (κ3) is 4.38. The maximum absolute atomic E-state index is 12.1. The molecule has 0 radical (unpaired) electrons. The Bertz CT molecular complexity index is 851. The molecule has 27 heavy (non-hydrogen) atoms. The summed E-state index contributed by atoms with van der Waals surface area (Å²) in [4.78, 5) is 32.8. The molecule has 0 spiro atoms. The number of hydrogen-bond donors (Lipinski definition) is 3. The van der Waals surface area contributed by atoms with E-state index in [1.807, 2.05) is 0 Å². The predicted molar refractivity (Wildman–Crippen MR) is 96.1 cm³/mol. The zero-order chi connectivity index (χ0) is 19.4. The van der Waals surface area contributed by atoms with Crippen molar-refractivity contribution < 1.29 is 19.4 Å². The number of nitrogens with two attached hydrogens (primary N) is 1. The highest BCUT2D eigenvalue weighted by molar-refractivity contribution is 5.94. The molecule has 1 unspecified atom stereocenters. The highest BCUT2D eigenvalue weighted by atomic mass is 16.5. The van der Waals surface area contributed by atoms with Crippen LogP contribution in [0.5, 0.6) is 5.75 Å². The van der Waals surface area contributed by atoms with Gasteiger partial charge in [-0.1, -0.05) is 0 Å². The number of nitrogens with one attached hydrogen (secondary N) is 1. The first kappa shape index (κ1) is 18.3. The highest BCUT2D eigenvalue weighted by Crippen LogP contribution is 2.23. The summed E-state index contributed by atoms with van der Waals surface area (Å²) in [5, 5.41) is 16.2. The second-order valence-electron chi connectivity index (χ2n) is 6.19. The number of aromatic nitrogens is 2. The molecule has 1 aliphatic rings. The number of nitrogens with zero attached hydrogens (tertiary/aromatic N) is 3. The summed E-state index contributed by atoms with van der Waals surface area (Å²) in [6.07, 6.45) is 3.36. The van der Waals surface area contributed by atoms with E-state index in [-0.39, 0.29) is 24.9 Å². The molecule has 0 aliphatic carbocycles. The molecule has 2 heterocycles. The SMILES string of the molecule is N=C(N)c1cnc(-c2ccc(OCN3CCC(CC(=O)O)C3=O)cc2)nc1. The first-order valence-corrected chi connectivity index (χ1v) is 8.34. The van der Waals surface area contributed by atoms with Gasteiger partial charge >= 0.3 is 5.97 Å². The van der Waals surface area contributed by atoms with Crippen LogP contribution >= 0.6 is 0 Å². The van der Waals surface area contributed by atoms with Crippen LogP contribution in [0.2, 0.25) is 0 Å². The second kappa shape index (κ2) is 7.81. The van der Waals surface area contributed by atoms with Crippen molar-refractivity contribution in [2.75, 3.05) is 13.3 Å². The van der Waals surface area contributed by atoms with Crippen molar-refractivity contribution in [2.45, 2.75) is 12.8 Å². The van der Waals surface area contributed by atoms with Gasteiger partial charge in [-0.25, -0.2) is 9.97 Å². The Morgan fingerprint density at radius 1 is 1.30 bits per heavy atom. The van der Waals surface area contributed by atoms with Gasteiger partial charge in [-0.2, -0.15) is 0 Å². The van der Waals surface area contributed by atoms with Gasteiger partial charge in [0.05, 0.1) is 17.9 Å². The van der Waals surface area contributed by atoms with E-state index in [9.17, 15) is 9.59 Å². The number of rotatable bonds is 7. The Balaban J connectivity index is 1.57. The van der Waals surface area contributed by atoms with E-state index < -0.39 is 11.9 Å². The van der Waals surface area contributed by atoms with Gasteiger partial charge in [0.15, 0.2) is 12.6 Å². The van der Waals surface area contributed by atoms with Crippen LogP contribution in [0.1, 0.15) is 18.4 Å². The number of carboxylic acid groups (broad SMARTS) is 1. The number of benzene rings is 1. The van der Waals surface area contributed by atoms with Gasteiger partial charge in [0.2, 0.25) is 5.91 Å². The molecule has 0 bridgehead atoms. The van der Waals surface area contributed by atoms with E-state index >= 15 is 0 Å². The molecule has 1 aliphatic heterocycles. The third-order valence-corrected chi connectivity index (χ3v) is 4.29. The number of amidine groups is 1. The first-order chi connectivity index (χ1) is 12.9. The van der Waals surface area contributed by atoms with E-state index in [1.54, 1.807) is 24.3 Å². The van der Waals surface area contributed by atoms with Crippen molar-refractivity contribution in [3.63, 3.8) is 0 Å². The number of aliphatic carboxylic acids is 1. The lowest BCUT2D eigenvalue weighted by molar-refractivity contribution is -0.142. The fourth-order valence-corrected chi connectivity index (χ4v) is 2.80. The predicted octanol–water partition coefficient (Wildman–Crippen LogP) is 1.09. The maximum Gasteiger partial charge on any atom is 0.304 e. The smallest absolute Gasteiger partial charge is 0.304 e. The molecule has 140 valence electrons. The van der Waals surface area contributed by atoms with Crippen molar-refractivity contribution in [3.8, 4) is 17.1 Å². The first-order valence-electron chi connectivity index (χ1n) is 8.34. The number of amides is 1. The minimum absolute atomic E-state index is 0.0815. The molecular formula is C18H19N5O4. The van der Waals surface area contributed by atoms with E-state index in [2.05, 4.69) is 9.97 Å². The molecule has 1 amide bonds. The zero-order valence-electron chi connectivity index (χ0n) is 14.5. The van der Waals surface area contributed by atoms with Gasteiger partial charge in [-0.15, -0.1) is 0 Å². The number of carboxylic acids is 1.